The lowest BCUT2D eigenvalue weighted by atomic mass is 10.1. The predicted molar refractivity (Wildman–Crippen MR) is 64.8 cm³/mol. The normalized spacial score (nSPS) is 11.2. The first-order valence-electron chi connectivity index (χ1n) is 5.18. The summed E-state index contributed by atoms with van der Waals surface area (Å²) in [7, 11) is -3.19. The van der Waals surface area contributed by atoms with E-state index in [4.69, 9.17) is 5.84 Å². The number of carbonyl (C=O) groups is 1. The third-order valence-electron chi connectivity index (χ3n) is 2.37. The first kappa shape index (κ1) is 13.7. The number of amides is 1. The van der Waals surface area contributed by atoms with Crippen LogP contribution in [0.1, 0.15) is 12.5 Å². The van der Waals surface area contributed by atoms with Crippen molar-refractivity contribution < 1.29 is 13.2 Å². The van der Waals surface area contributed by atoms with Crippen molar-refractivity contribution in [2.75, 3.05) is 12.8 Å². The molecule has 0 bridgehead atoms. The van der Waals surface area contributed by atoms with Gasteiger partial charge in [0.25, 0.3) is 0 Å². The first-order chi connectivity index (χ1) is 7.84. The first-order valence-corrected chi connectivity index (χ1v) is 7.07. The van der Waals surface area contributed by atoms with Gasteiger partial charge in [0, 0.05) is 12.8 Å². The largest absolute Gasteiger partial charge is 0.281 e. The molecule has 1 amide bonds. The van der Waals surface area contributed by atoms with Crippen molar-refractivity contribution in [3.05, 3.63) is 29.8 Å². The molecule has 1 aromatic rings. The zero-order valence-electron chi connectivity index (χ0n) is 9.88. The van der Waals surface area contributed by atoms with Gasteiger partial charge in [0.05, 0.1) is 11.3 Å². The molecule has 5 nitrogen and oxygen atoms in total. The monoisotopic (exact) mass is 256 g/mol. The van der Waals surface area contributed by atoms with Crippen LogP contribution in [-0.2, 0) is 21.1 Å². The van der Waals surface area contributed by atoms with Crippen molar-refractivity contribution in [3.63, 3.8) is 0 Å². The van der Waals surface area contributed by atoms with E-state index < -0.39 is 9.84 Å². The van der Waals surface area contributed by atoms with Gasteiger partial charge >= 0.3 is 0 Å². The molecule has 0 aliphatic rings. The lowest BCUT2D eigenvalue weighted by Gasteiger charge is -2.13. The van der Waals surface area contributed by atoms with Gasteiger partial charge in [-0.15, -0.1) is 0 Å². The van der Waals surface area contributed by atoms with Crippen LogP contribution in [0.5, 0.6) is 0 Å². The highest BCUT2D eigenvalue weighted by Gasteiger charge is 2.10. The number of hydrazine groups is 1. The van der Waals surface area contributed by atoms with E-state index in [0.29, 0.717) is 6.54 Å². The van der Waals surface area contributed by atoms with Gasteiger partial charge in [-0.3, -0.25) is 9.80 Å². The molecule has 0 saturated heterocycles. The van der Waals surface area contributed by atoms with Crippen LogP contribution >= 0.6 is 0 Å². The Morgan fingerprint density at radius 1 is 1.29 bits per heavy atom. The average Bonchev–Trinajstić information content (AvgIpc) is 2.27. The molecule has 0 fully saturated rings. The van der Waals surface area contributed by atoms with Crippen LogP contribution in [0.3, 0.4) is 0 Å². The zero-order chi connectivity index (χ0) is 13.1. The third kappa shape index (κ3) is 3.83. The molecule has 1 aromatic carbocycles. The quantitative estimate of drug-likeness (QED) is 0.479. The summed E-state index contributed by atoms with van der Waals surface area (Å²) in [5.41, 5.74) is 0.742. The summed E-state index contributed by atoms with van der Waals surface area (Å²) in [4.78, 5) is 11.8. The molecular weight excluding hydrogens is 240 g/mol. The Kier molecular flexibility index (Phi) is 4.25. The number of hydrogen-bond acceptors (Lipinski definition) is 4. The fraction of sp³-hybridized carbons (Fsp3) is 0.364. The number of rotatable bonds is 4. The summed E-state index contributed by atoms with van der Waals surface area (Å²) >= 11 is 0. The predicted octanol–water partition coefficient (Wildman–Crippen LogP) is 0.355. The zero-order valence-corrected chi connectivity index (χ0v) is 10.7. The molecule has 0 aliphatic carbocycles. The number of nitrogens with zero attached hydrogens (tertiary/aromatic N) is 1. The van der Waals surface area contributed by atoms with Gasteiger partial charge in [-0.05, 0) is 24.6 Å². The van der Waals surface area contributed by atoms with Gasteiger partial charge in [0.1, 0.15) is 0 Å². The number of hydrogen-bond donors (Lipinski definition) is 1. The molecule has 0 radical (unpaired) electrons. The lowest BCUT2D eigenvalue weighted by Crippen LogP contribution is -2.38. The van der Waals surface area contributed by atoms with Crippen molar-refractivity contribution in [3.8, 4) is 0 Å². The summed E-state index contributed by atoms with van der Waals surface area (Å²) in [6.45, 7) is 2.23. The van der Waals surface area contributed by atoms with E-state index in [1.807, 2.05) is 0 Å². The minimum atomic E-state index is -3.19. The molecule has 0 aliphatic heterocycles. The molecule has 17 heavy (non-hydrogen) atoms. The van der Waals surface area contributed by atoms with E-state index in [1.54, 1.807) is 19.1 Å². The highest BCUT2D eigenvalue weighted by Crippen LogP contribution is 2.11. The second-order valence-corrected chi connectivity index (χ2v) is 5.79. The molecule has 2 N–H and O–H groups in total. The third-order valence-corrected chi connectivity index (χ3v) is 3.50. The van der Waals surface area contributed by atoms with Crippen LogP contribution in [0.4, 0.5) is 0 Å². The Morgan fingerprint density at radius 3 is 2.24 bits per heavy atom. The van der Waals surface area contributed by atoms with Gasteiger partial charge in [0.15, 0.2) is 9.84 Å². The fourth-order valence-corrected chi connectivity index (χ4v) is 1.94. The van der Waals surface area contributed by atoms with E-state index in [0.717, 1.165) is 16.8 Å². The van der Waals surface area contributed by atoms with Crippen LogP contribution in [-0.4, -0.2) is 32.1 Å². The SMILES string of the molecule is CCN(N)C(=O)Cc1ccc(S(C)(=O)=O)cc1. The van der Waals surface area contributed by atoms with Crippen LogP contribution in [0, 0.1) is 0 Å². The molecule has 94 valence electrons. The number of nitrogens with two attached hydrogens (primary N) is 1. The maximum absolute atomic E-state index is 11.5. The number of carbonyl (C=O) groups excluding carboxylic acids is 1. The van der Waals surface area contributed by atoms with Gasteiger partial charge in [-0.2, -0.15) is 0 Å². The minimum absolute atomic E-state index is 0.175. The molecular formula is C11H16N2O3S. The van der Waals surface area contributed by atoms with Crippen LogP contribution in [0.25, 0.3) is 0 Å². The minimum Gasteiger partial charge on any atom is -0.281 e. The van der Waals surface area contributed by atoms with Gasteiger partial charge in [-0.1, -0.05) is 12.1 Å². The molecule has 0 heterocycles. The van der Waals surface area contributed by atoms with E-state index >= 15 is 0 Å². The van der Waals surface area contributed by atoms with Gasteiger partial charge in [-0.25, -0.2) is 14.3 Å². The summed E-state index contributed by atoms with van der Waals surface area (Å²) < 4.78 is 22.5. The number of benzene rings is 1. The second kappa shape index (κ2) is 5.29. The topological polar surface area (TPSA) is 80.5 Å². The van der Waals surface area contributed by atoms with E-state index in [9.17, 15) is 13.2 Å². The van der Waals surface area contributed by atoms with Crippen LogP contribution in [0.2, 0.25) is 0 Å². The standard InChI is InChI=1S/C11H16N2O3S/c1-3-13(12)11(14)8-9-4-6-10(7-5-9)17(2,15)16/h4-7H,3,8,12H2,1-2H3. The lowest BCUT2D eigenvalue weighted by molar-refractivity contribution is -0.130. The Morgan fingerprint density at radius 2 is 1.82 bits per heavy atom. The molecule has 0 aromatic heterocycles. The summed E-state index contributed by atoms with van der Waals surface area (Å²) in [5, 5.41) is 1.13. The number of sulfone groups is 1. The van der Waals surface area contributed by atoms with Gasteiger partial charge in [0.2, 0.25) is 5.91 Å². The maximum atomic E-state index is 11.5. The van der Waals surface area contributed by atoms with Gasteiger partial charge < -0.3 is 0 Å². The summed E-state index contributed by atoms with van der Waals surface area (Å²) in [6.07, 6.45) is 1.32. The average molecular weight is 256 g/mol. The summed E-state index contributed by atoms with van der Waals surface area (Å²) in [5.74, 6) is 5.26. The Bertz CT molecular complexity index is 494. The highest BCUT2D eigenvalue weighted by molar-refractivity contribution is 7.90. The van der Waals surface area contributed by atoms with Crippen molar-refractivity contribution >= 4 is 15.7 Å². The molecule has 1 rings (SSSR count). The maximum Gasteiger partial charge on any atom is 0.240 e. The van der Waals surface area contributed by atoms with Crippen molar-refractivity contribution in [2.45, 2.75) is 18.2 Å². The number of likely N-dealkylation sites (N-methyl/N-ethyl adjacent to an activating group) is 1. The van der Waals surface area contributed by atoms with Crippen molar-refractivity contribution in [1.29, 1.82) is 0 Å². The highest BCUT2D eigenvalue weighted by atomic mass is 32.2. The molecule has 0 saturated carbocycles. The Hall–Kier alpha value is -1.40. The Labute approximate surface area is 101 Å². The van der Waals surface area contributed by atoms with Crippen molar-refractivity contribution in [2.24, 2.45) is 5.84 Å². The molecule has 0 atom stereocenters. The van der Waals surface area contributed by atoms with E-state index in [1.165, 1.54) is 12.1 Å². The fourth-order valence-electron chi connectivity index (χ4n) is 1.31. The second-order valence-electron chi connectivity index (χ2n) is 3.77. The van der Waals surface area contributed by atoms with E-state index in [-0.39, 0.29) is 17.2 Å². The van der Waals surface area contributed by atoms with Crippen molar-refractivity contribution in [1.82, 2.24) is 5.01 Å². The molecule has 0 spiro atoms. The smallest absolute Gasteiger partial charge is 0.240 e. The Balaban J connectivity index is 2.79. The van der Waals surface area contributed by atoms with Crippen LogP contribution in [0.15, 0.2) is 29.2 Å². The summed E-state index contributed by atoms with van der Waals surface area (Å²) in [6, 6.07) is 6.23. The molecule has 6 heteroatoms. The molecule has 0 unspecified atom stereocenters. The van der Waals surface area contributed by atoms with E-state index in [2.05, 4.69) is 0 Å². The van der Waals surface area contributed by atoms with Crippen LogP contribution < -0.4 is 5.84 Å².